The molecule has 2 N–H and O–H groups in total. The van der Waals surface area contributed by atoms with Crippen molar-refractivity contribution >= 4 is 5.97 Å². The Morgan fingerprint density at radius 3 is 2.61 bits per heavy atom. The van der Waals surface area contributed by atoms with Gasteiger partial charge >= 0.3 is 5.97 Å². The van der Waals surface area contributed by atoms with E-state index >= 15 is 0 Å². The highest BCUT2D eigenvalue weighted by molar-refractivity contribution is 5.76. The third-order valence-corrected chi connectivity index (χ3v) is 6.77. The van der Waals surface area contributed by atoms with Crippen LogP contribution in [0.1, 0.15) is 31.2 Å². The first-order valence-corrected chi connectivity index (χ1v) is 10.7. The number of carbonyl (C=O) groups is 1. The van der Waals surface area contributed by atoms with E-state index in [0.29, 0.717) is 5.41 Å². The van der Waals surface area contributed by atoms with Gasteiger partial charge in [-0.25, -0.2) is 5.43 Å². The van der Waals surface area contributed by atoms with E-state index in [2.05, 4.69) is 51.0 Å². The molecule has 0 aromatic heterocycles. The molecule has 0 bridgehead atoms. The molecule has 3 aliphatic rings. The molecule has 0 saturated carbocycles. The Morgan fingerprint density at radius 1 is 1.14 bits per heavy atom. The minimum absolute atomic E-state index is 0.159. The lowest BCUT2D eigenvalue weighted by Gasteiger charge is -2.49. The average Bonchev–Trinajstić information content (AvgIpc) is 3.16. The van der Waals surface area contributed by atoms with E-state index in [0.717, 1.165) is 32.7 Å². The average molecular weight is 387 g/mol. The van der Waals surface area contributed by atoms with Crippen LogP contribution in [0.3, 0.4) is 0 Å². The quantitative estimate of drug-likeness (QED) is 0.751. The van der Waals surface area contributed by atoms with Gasteiger partial charge in [-0.3, -0.25) is 15.1 Å². The van der Waals surface area contributed by atoms with Gasteiger partial charge in [-0.1, -0.05) is 30.3 Å². The fourth-order valence-corrected chi connectivity index (χ4v) is 5.50. The highest BCUT2D eigenvalue weighted by Crippen LogP contribution is 2.39. The van der Waals surface area contributed by atoms with E-state index in [-0.39, 0.29) is 17.9 Å². The number of carbonyl (C=O) groups excluding carboxylic acids is 1. The Bertz CT molecular complexity index is 651. The number of likely N-dealkylation sites (tertiary alicyclic amines) is 2. The molecule has 6 heteroatoms. The molecule has 3 fully saturated rings. The molecular weight excluding hydrogens is 352 g/mol. The Balaban J connectivity index is 1.36. The first-order valence-electron chi connectivity index (χ1n) is 10.7. The van der Waals surface area contributed by atoms with Crippen molar-refractivity contribution in [2.24, 2.45) is 11.3 Å². The van der Waals surface area contributed by atoms with Gasteiger partial charge in [0, 0.05) is 38.6 Å². The molecular formula is C22H34N4O2. The van der Waals surface area contributed by atoms with Crippen molar-refractivity contribution in [2.45, 2.75) is 38.3 Å². The SMILES string of the molecule is COC(=O)C1NNCC1CN1CCCC2(CCCN(Cc3ccccc3)C2)C1. The predicted octanol–water partition coefficient (Wildman–Crippen LogP) is 1.63. The van der Waals surface area contributed by atoms with E-state index in [4.69, 9.17) is 4.74 Å². The van der Waals surface area contributed by atoms with Crippen molar-refractivity contribution in [1.82, 2.24) is 20.7 Å². The topological polar surface area (TPSA) is 56.8 Å². The van der Waals surface area contributed by atoms with Crippen molar-refractivity contribution in [3.63, 3.8) is 0 Å². The van der Waals surface area contributed by atoms with Crippen molar-refractivity contribution in [3.8, 4) is 0 Å². The minimum Gasteiger partial charge on any atom is -0.468 e. The Labute approximate surface area is 168 Å². The normalized spacial score (nSPS) is 31.9. The number of hydrogen-bond donors (Lipinski definition) is 2. The van der Waals surface area contributed by atoms with Gasteiger partial charge in [0.1, 0.15) is 6.04 Å². The second-order valence-corrected chi connectivity index (χ2v) is 8.92. The maximum Gasteiger partial charge on any atom is 0.324 e. The first-order chi connectivity index (χ1) is 13.7. The van der Waals surface area contributed by atoms with Crippen molar-refractivity contribution < 1.29 is 9.53 Å². The molecule has 154 valence electrons. The van der Waals surface area contributed by atoms with Gasteiger partial charge in [-0.15, -0.1) is 0 Å². The van der Waals surface area contributed by atoms with Gasteiger partial charge in [0.25, 0.3) is 0 Å². The molecule has 1 aromatic carbocycles. The largest absolute Gasteiger partial charge is 0.468 e. The maximum absolute atomic E-state index is 12.0. The molecule has 0 radical (unpaired) electrons. The third kappa shape index (κ3) is 4.57. The van der Waals surface area contributed by atoms with Gasteiger partial charge in [0.15, 0.2) is 0 Å². The standard InChI is InChI=1S/C22H34N4O2/c1-28-21(27)20-19(13-23-24-20)15-26-12-6-10-22(17-26)9-5-11-25(16-22)14-18-7-3-2-4-8-18/h2-4,7-8,19-20,23-24H,5-6,9-17H2,1H3. The lowest BCUT2D eigenvalue weighted by atomic mass is 9.73. The summed E-state index contributed by atoms with van der Waals surface area (Å²) >= 11 is 0. The number of benzene rings is 1. The summed E-state index contributed by atoms with van der Waals surface area (Å²) in [5, 5.41) is 0. The molecule has 28 heavy (non-hydrogen) atoms. The Hall–Kier alpha value is -1.47. The zero-order valence-corrected chi connectivity index (χ0v) is 17.0. The predicted molar refractivity (Wildman–Crippen MR) is 109 cm³/mol. The van der Waals surface area contributed by atoms with Gasteiger partial charge < -0.3 is 9.64 Å². The molecule has 6 nitrogen and oxygen atoms in total. The summed E-state index contributed by atoms with van der Waals surface area (Å²) in [6.45, 7) is 7.54. The lowest BCUT2D eigenvalue weighted by molar-refractivity contribution is -0.144. The van der Waals surface area contributed by atoms with Crippen molar-refractivity contribution in [2.75, 3.05) is 46.4 Å². The third-order valence-electron chi connectivity index (χ3n) is 6.77. The first kappa shape index (κ1) is 19.8. The van der Waals surface area contributed by atoms with Crippen LogP contribution in [0.15, 0.2) is 30.3 Å². The van der Waals surface area contributed by atoms with Crippen LogP contribution in [-0.2, 0) is 16.1 Å². The number of piperidine rings is 2. The van der Waals surface area contributed by atoms with Crippen LogP contribution in [0.5, 0.6) is 0 Å². The molecule has 3 unspecified atom stereocenters. The number of hydrogen-bond acceptors (Lipinski definition) is 6. The Kier molecular flexibility index (Phi) is 6.31. The second-order valence-electron chi connectivity index (χ2n) is 8.92. The summed E-state index contributed by atoms with van der Waals surface area (Å²) in [5.41, 5.74) is 8.06. The van der Waals surface area contributed by atoms with Gasteiger partial charge in [0.2, 0.25) is 0 Å². The number of nitrogens with zero attached hydrogens (tertiary/aromatic N) is 2. The van der Waals surface area contributed by atoms with Gasteiger partial charge in [-0.05, 0) is 49.8 Å². The molecule has 0 aliphatic carbocycles. The van der Waals surface area contributed by atoms with Gasteiger partial charge in [0.05, 0.1) is 7.11 Å². The van der Waals surface area contributed by atoms with Crippen LogP contribution in [-0.4, -0.2) is 68.2 Å². The van der Waals surface area contributed by atoms with E-state index in [1.807, 2.05) is 0 Å². The summed E-state index contributed by atoms with van der Waals surface area (Å²) in [7, 11) is 1.47. The fraction of sp³-hybridized carbons (Fsp3) is 0.682. The summed E-state index contributed by atoms with van der Waals surface area (Å²) in [6.07, 6.45) is 5.21. The van der Waals surface area contributed by atoms with Crippen LogP contribution in [0.4, 0.5) is 0 Å². The van der Waals surface area contributed by atoms with Crippen LogP contribution in [0, 0.1) is 11.3 Å². The highest BCUT2D eigenvalue weighted by atomic mass is 16.5. The molecule has 1 aromatic rings. The maximum atomic E-state index is 12.0. The van der Waals surface area contributed by atoms with Crippen LogP contribution >= 0.6 is 0 Å². The molecule has 0 amide bonds. The van der Waals surface area contributed by atoms with Crippen molar-refractivity contribution in [1.29, 1.82) is 0 Å². The molecule has 3 heterocycles. The number of rotatable bonds is 5. The number of hydrazine groups is 1. The number of methoxy groups -OCH3 is 1. The van der Waals surface area contributed by atoms with E-state index in [1.54, 1.807) is 0 Å². The van der Waals surface area contributed by atoms with E-state index < -0.39 is 0 Å². The lowest BCUT2D eigenvalue weighted by Crippen LogP contribution is -2.53. The zero-order chi connectivity index (χ0) is 19.4. The summed E-state index contributed by atoms with van der Waals surface area (Å²) < 4.78 is 4.97. The fourth-order valence-electron chi connectivity index (χ4n) is 5.50. The van der Waals surface area contributed by atoms with Crippen LogP contribution < -0.4 is 10.9 Å². The molecule has 1 spiro atoms. The van der Waals surface area contributed by atoms with E-state index in [1.165, 1.54) is 51.4 Å². The number of nitrogens with one attached hydrogen (secondary N) is 2. The molecule has 3 aliphatic heterocycles. The molecule has 4 rings (SSSR count). The summed E-state index contributed by atoms with van der Waals surface area (Å²) in [6, 6.07) is 10.6. The summed E-state index contributed by atoms with van der Waals surface area (Å²) in [4.78, 5) is 17.3. The smallest absolute Gasteiger partial charge is 0.324 e. The van der Waals surface area contributed by atoms with E-state index in [9.17, 15) is 4.79 Å². The Morgan fingerprint density at radius 2 is 1.86 bits per heavy atom. The van der Waals surface area contributed by atoms with Crippen LogP contribution in [0.2, 0.25) is 0 Å². The molecule has 3 saturated heterocycles. The monoisotopic (exact) mass is 386 g/mol. The second kappa shape index (κ2) is 8.91. The van der Waals surface area contributed by atoms with Crippen molar-refractivity contribution in [3.05, 3.63) is 35.9 Å². The highest BCUT2D eigenvalue weighted by Gasteiger charge is 2.41. The van der Waals surface area contributed by atoms with Gasteiger partial charge in [-0.2, -0.15) is 0 Å². The molecule has 3 atom stereocenters. The zero-order valence-electron chi connectivity index (χ0n) is 17.0. The number of esters is 1. The summed E-state index contributed by atoms with van der Waals surface area (Å²) in [5.74, 6) is 0.111. The minimum atomic E-state index is -0.233. The van der Waals surface area contributed by atoms with Crippen LogP contribution in [0.25, 0.3) is 0 Å². The number of ether oxygens (including phenoxy) is 1.